The highest BCUT2D eigenvalue weighted by Gasteiger charge is 2.22. The summed E-state index contributed by atoms with van der Waals surface area (Å²) >= 11 is 5.96. The molecular formula is C15H15ClN4O2. The highest BCUT2D eigenvalue weighted by molar-refractivity contribution is 6.30. The lowest BCUT2D eigenvalue weighted by molar-refractivity contribution is 0.118. The Morgan fingerprint density at radius 2 is 2.32 bits per heavy atom. The Bertz CT molecular complexity index is 708. The van der Waals surface area contributed by atoms with E-state index >= 15 is 0 Å². The fourth-order valence-corrected chi connectivity index (χ4v) is 2.55. The van der Waals surface area contributed by atoms with E-state index in [0.29, 0.717) is 30.5 Å². The zero-order chi connectivity index (χ0) is 15.5. The lowest BCUT2D eigenvalue weighted by Crippen LogP contribution is -2.36. The van der Waals surface area contributed by atoms with Crippen LogP contribution in [0.15, 0.2) is 30.5 Å². The number of carbonyl (C=O) groups excluding carboxylic acids is 1. The molecule has 3 rings (SSSR count). The van der Waals surface area contributed by atoms with Gasteiger partial charge in [0.15, 0.2) is 0 Å². The standard InChI is InChI=1S/C15H15ClN4O2/c1-22-15(21)20-6-5-13-10(9-20)8-17-14(19-13)18-12-4-2-3-11(16)7-12/h2-4,7-8H,5-6,9H2,1H3,(H,17,18,19). The van der Waals surface area contributed by atoms with Crippen LogP contribution in [0, 0.1) is 0 Å². The Labute approximate surface area is 133 Å². The van der Waals surface area contributed by atoms with Crippen LogP contribution >= 0.6 is 11.6 Å². The molecule has 1 aromatic carbocycles. The molecule has 1 amide bonds. The van der Waals surface area contributed by atoms with Crippen molar-refractivity contribution in [1.82, 2.24) is 14.9 Å². The third-order valence-electron chi connectivity index (χ3n) is 3.45. The van der Waals surface area contributed by atoms with Gasteiger partial charge in [0.05, 0.1) is 19.3 Å². The molecule has 0 atom stereocenters. The fourth-order valence-electron chi connectivity index (χ4n) is 2.36. The van der Waals surface area contributed by atoms with E-state index in [-0.39, 0.29) is 6.09 Å². The normalized spacial score (nSPS) is 13.5. The molecule has 1 aliphatic rings. The minimum Gasteiger partial charge on any atom is -0.453 e. The molecule has 6 nitrogen and oxygen atoms in total. The summed E-state index contributed by atoms with van der Waals surface area (Å²) in [6.45, 7) is 1.06. The van der Waals surface area contributed by atoms with Crippen molar-refractivity contribution in [3.63, 3.8) is 0 Å². The predicted octanol–water partition coefficient (Wildman–Crippen LogP) is 3.00. The largest absolute Gasteiger partial charge is 0.453 e. The summed E-state index contributed by atoms with van der Waals surface area (Å²) in [5, 5.41) is 3.78. The quantitative estimate of drug-likeness (QED) is 0.922. The lowest BCUT2D eigenvalue weighted by Gasteiger charge is -2.26. The van der Waals surface area contributed by atoms with Crippen molar-refractivity contribution in [1.29, 1.82) is 0 Å². The van der Waals surface area contributed by atoms with Gasteiger partial charge in [0.2, 0.25) is 5.95 Å². The molecule has 7 heteroatoms. The first-order valence-electron chi connectivity index (χ1n) is 6.86. The van der Waals surface area contributed by atoms with Crippen LogP contribution in [-0.4, -0.2) is 34.6 Å². The molecule has 1 N–H and O–H groups in total. The molecule has 0 radical (unpaired) electrons. The number of hydrogen-bond acceptors (Lipinski definition) is 5. The van der Waals surface area contributed by atoms with Crippen LogP contribution in [0.3, 0.4) is 0 Å². The van der Waals surface area contributed by atoms with Gasteiger partial charge in [-0.15, -0.1) is 0 Å². The monoisotopic (exact) mass is 318 g/mol. The predicted molar refractivity (Wildman–Crippen MR) is 83.3 cm³/mol. The molecule has 1 aromatic heterocycles. The smallest absolute Gasteiger partial charge is 0.409 e. The van der Waals surface area contributed by atoms with Gasteiger partial charge in [0.1, 0.15) is 0 Å². The van der Waals surface area contributed by atoms with Crippen molar-refractivity contribution >= 4 is 29.3 Å². The summed E-state index contributed by atoms with van der Waals surface area (Å²) in [4.78, 5) is 22.0. The zero-order valence-electron chi connectivity index (χ0n) is 12.0. The van der Waals surface area contributed by atoms with Gasteiger partial charge in [-0.2, -0.15) is 0 Å². The molecule has 0 spiro atoms. The number of aromatic nitrogens is 2. The number of nitrogens with one attached hydrogen (secondary N) is 1. The first kappa shape index (κ1) is 14.6. The first-order chi connectivity index (χ1) is 10.7. The highest BCUT2D eigenvalue weighted by atomic mass is 35.5. The number of hydrogen-bond donors (Lipinski definition) is 1. The first-order valence-corrected chi connectivity index (χ1v) is 7.24. The molecular weight excluding hydrogens is 304 g/mol. The number of benzene rings is 1. The number of nitrogens with zero attached hydrogens (tertiary/aromatic N) is 3. The number of anilines is 2. The maximum atomic E-state index is 11.6. The number of carbonyl (C=O) groups is 1. The van der Waals surface area contributed by atoms with Gasteiger partial charge in [-0.3, -0.25) is 0 Å². The summed E-state index contributed by atoms with van der Waals surface area (Å²) < 4.78 is 4.74. The van der Waals surface area contributed by atoms with Crippen molar-refractivity contribution < 1.29 is 9.53 Å². The molecule has 0 aliphatic carbocycles. The second kappa shape index (κ2) is 6.19. The Morgan fingerprint density at radius 1 is 1.45 bits per heavy atom. The minimum absolute atomic E-state index is 0.327. The second-order valence-corrected chi connectivity index (χ2v) is 5.38. The second-order valence-electron chi connectivity index (χ2n) is 4.94. The number of halogens is 1. The molecule has 22 heavy (non-hydrogen) atoms. The molecule has 0 unspecified atom stereocenters. The maximum absolute atomic E-state index is 11.6. The summed E-state index contributed by atoms with van der Waals surface area (Å²) in [5.74, 6) is 0.521. The number of ether oxygens (including phenoxy) is 1. The maximum Gasteiger partial charge on any atom is 0.409 e. The van der Waals surface area contributed by atoms with Gasteiger partial charge in [-0.1, -0.05) is 17.7 Å². The summed E-state index contributed by atoms with van der Waals surface area (Å²) in [5.41, 5.74) is 2.72. The fraction of sp³-hybridized carbons (Fsp3) is 0.267. The molecule has 0 fully saturated rings. The van der Waals surface area contributed by atoms with Crippen LogP contribution in [0.1, 0.15) is 11.3 Å². The van der Waals surface area contributed by atoms with E-state index in [1.165, 1.54) is 7.11 Å². The molecule has 0 bridgehead atoms. The van der Waals surface area contributed by atoms with Crippen molar-refractivity contribution in [2.24, 2.45) is 0 Å². The SMILES string of the molecule is COC(=O)N1CCc2nc(Nc3cccc(Cl)c3)ncc2C1. The number of rotatable bonds is 2. The lowest BCUT2D eigenvalue weighted by atomic mass is 10.1. The van der Waals surface area contributed by atoms with Crippen LogP contribution in [0.25, 0.3) is 0 Å². The van der Waals surface area contributed by atoms with E-state index in [1.54, 1.807) is 11.1 Å². The summed E-state index contributed by atoms with van der Waals surface area (Å²) in [6.07, 6.45) is 2.09. The molecule has 0 saturated heterocycles. The van der Waals surface area contributed by atoms with Gasteiger partial charge in [0.25, 0.3) is 0 Å². The summed E-state index contributed by atoms with van der Waals surface area (Å²) in [7, 11) is 1.38. The molecule has 0 saturated carbocycles. The highest BCUT2D eigenvalue weighted by Crippen LogP contribution is 2.21. The van der Waals surface area contributed by atoms with Crippen LogP contribution in [0.2, 0.25) is 5.02 Å². The minimum atomic E-state index is -0.327. The average molecular weight is 319 g/mol. The van der Waals surface area contributed by atoms with Crippen LogP contribution in [0.4, 0.5) is 16.4 Å². The molecule has 2 aromatic rings. The zero-order valence-corrected chi connectivity index (χ0v) is 12.8. The van der Waals surface area contributed by atoms with Crippen molar-refractivity contribution in [2.75, 3.05) is 19.0 Å². The van der Waals surface area contributed by atoms with E-state index in [9.17, 15) is 4.79 Å². The van der Waals surface area contributed by atoms with E-state index in [4.69, 9.17) is 16.3 Å². The van der Waals surface area contributed by atoms with Crippen molar-refractivity contribution in [3.8, 4) is 0 Å². The van der Waals surface area contributed by atoms with Gasteiger partial charge >= 0.3 is 6.09 Å². The Hall–Kier alpha value is -2.34. The third kappa shape index (κ3) is 3.12. The van der Waals surface area contributed by atoms with E-state index in [1.807, 2.05) is 24.3 Å². The number of fused-ring (bicyclic) bond motifs is 1. The van der Waals surface area contributed by atoms with Gasteiger partial charge in [-0.05, 0) is 18.2 Å². The molecule has 2 heterocycles. The van der Waals surface area contributed by atoms with Crippen molar-refractivity contribution in [3.05, 3.63) is 46.7 Å². The van der Waals surface area contributed by atoms with Crippen molar-refractivity contribution in [2.45, 2.75) is 13.0 Å². The molecule has 114 valence electrons. The van der Waals surface area contributed by atoms with Gasteiger partial charge in [0, 0.05) is 35.4 Å². The Balaban J connectivity index is 1.76. The van der Waals surface area contributed by atoms with Gasteiger partial charge < -0.3 is 15.0 Å². The molecule has 1 aliphatic heterocycles. The van der Waals surface area contributed by atoms with Crippen LogP contribution in [-0.2, 0) is 17.7 Å². The van der Waals surface area contributed by atoms with Gasteiger partial charge in [-0.25, -0.2) is 14.8 Å². The summed E-state index contributed by atoms with van der Waals surface area (Å²) in [6, 6.07) is 7.37. The topological polar surface area (TPSA) is 67.3 Å². The Kier molecular flexibility index (Phi) is 4.11. The van der Waals surface area contributed by atoms with Crippen LogP contribution < -0.4 is 5.32 Å². The average Bonchev–Trinajstić information content (AvgIpc) is 2.53. The number of amides is 1. The van der Waals surface area contributed by atoms with E-state index in [0.717, 1.165) is 16.9 Å². The Morgan fingerprint density at radius 3 is 3.09 bits per heavy atom. The third-order valence-corrected chi connectivity index (χ3v) is 3.68. The number of methoxy groups -OCH3 is 1. The van der Waals surface area contributed by atoms with E-state index < -0.39 is 0 Å². The van der Waals surface area contributed by atoms with E-state index in [2.05, 4.69) is 15.3 Å². The van der Waals surface area contributed by atoms with Crippen LogP contribution in [0.5, 0.6) is 0 Å².